The summed E-state index contributed by atoms with van der Waals surface area (Å²) in [7, 11) is 1.79. The molecule has 0 bridgehead atoms. The maximum atomic E-state index is 12.5. The highest BCUT2D eigenvalue weighted by molar-refractivity contribution is 5.91. The predicted octanol–water partition coefficient (Wildman–Crippen LogP) is 1.46. The fourth-order valence-corrected chi connectivity index (χ4v) is 2.66. The van der Waals surface area contributed by atoms with Gasteiger partial charge in [-0.1, -0.05) is 0 Å². The van der Waals surface area contributed by atoms with E-state index in [2.05, 4.69) is 15.2 Å². The van der Waals surface area contributed by atoms with Crippen LogP contribution in [0.1, 0.15) is 42.0 Å². The Labute approximate surface area is 129 Å². The van der Waals surface area contributed by atoms with E-state index >= 15 is 0 Å². The molecule has 7 heteroatoms. The Bertz CT molecular complexity index is 663. The number of amides is 1. The van der Waals surface area contributed by atoms with Crippen molar-refractivity contribution in [2.75, 3.05) is 20.2 Å². The van der Waals surface area contributed by atoms with Gasteiger partial charge in [-0.3, -0.25) is 9.20 Å². The van der Waals surface area contributed by atoms with Crippen LogP contribution in [-0.4, -0.2) is 56.7 Å². The van der Waals surface area contributed by atoms with Crippen molar-refractivity contribution in [2.45, 2.75) is 38.7 Å². The van der Waals surface area contributed by atoms with Gasteiger partial charge in [0.05, 0.1) is 6.10 Å². The van der Waals surface area contributed by atoms with E-state index in [1.807, 2.05) is 13.0 Å². The summed E-state index contributed by atoms with van der Waals surface area (Å²) < 4.78 is 7.33. The first-order chi connectivity index (χ1) is 10.6. The van der Waals surface area contributed by atoms with Gasteiger partial charge in [0, 0.05) is 32.1 Å². The SMILES string of the molecule is Cc1ccn2c(C(=O)N(C)CC[C@@H]3CCCCO3)nnc2n1. The fourth-order valence-electron chi connectivity index (χ4n) is 2.66. The summed E-state index contributed by atoms with van der Waals surface area (Å²) >= 11 is 0. The third-order valence-electron chi connectivity index (χ3n) is 4.02. The van der Waals surface area contributed by atoms with Crippen LogP contribution >= 0.6 is 0 Å². The second-order valence-corrected chi connectivity index (χ2v) is 5.77. The highest BCUT2D eigenvalue weighted by Gasteiger charge is 2.21. The van der Waals surface area contributed by atoms with Crippen LogP contribution in [-0.2, 0) is 4.74 Å². The summed E-state index contributed by atoms with van der Waals surface area (Å²) in [5, 5.41) is 7.94. The van der Waals surface area contributed by atoms with E-state index in [9.17, 15) is 4.79 Å². The van der Waals surface area contributed by atoms with Crippen molar-refractivity contribution in [3.63, 3.8) is 0 Å². The molecule has 22 heavy (non-hydrogen) atoms. The van der Waals surface area contributed by atoms with Gasteiger partial charge >= 0.3 is 0 Å². The molecule has 1 fully saturated rings. The second-order valence-electron chi connectivity index (χ2n) is 5.77. The molecule has 0 aliphatic carbocycles. The number of carbonyl (C=O) groups excluding carboxylic acids is 1. The lowest BCUT2D eigenvalue weighted by Crippen LogP contribution is -2.32. The number of hydrogen-bond acceptors (Lipinski definition) is 5. The molecular weight excluding hydrogens is 282 g/mol. The molecule has 1 saturated heterocycles. The van der Waals surface area contributed by atoms with Gasteiger partial charge in [-0.15, -0.1) is 10.2 Å². The Balaban J connectivity index is 1.66. The monoisotopic (exact) mass is 303 g/mol. The minimum absolute atomic E-state index is 0.144. The Morgan fingerprint density at radius 3 is 3.09 bits per heavy atom. The number of ether oxygens (including phenoxy) is 1. The number of aryl methyl sites for hydroxylation is 1. The number of carbonyl (C=O) groups is 1. The van der Waals surface area contributed by atoms with E-state index in [-0.39, 0.29) is 12.0 Å². The molecule has 2 aromatic rings. The molecule has 1 aliphatic rings. The number of nitrogens with zero attached hydrogens (tertiary/aromatic N) is 5. The molecule has 0 unspecified atom stereocenters. The molecule has 118 valence electrons. The topological polar surface area (TPSA) is 72.6 Å². The van der Waals surface area contributed by atoms with E-state index in [1.165, 1.54) is 6.42 Å². The molecule has 0 spiro atoms. The minimum atomic E-state index is -0.144. The summed E-state index contributed by atoms with van der Waals surface area (Å²) in [4.78, 5) is 18.4. The van der Waals surface area contributed by atoms with Gasteiger partial charge in [0.25, 0.3) is 11.7 Å². The molecule has 0 N–H and O–H groups in total. The lowest BCUT2D eigenvalue weighted by atomic mass is 10.1. The molecule has 1 amide bonds. The van der Waals surface area contributed by atoms with Gasteiger partial charge in [0.2, 0.25) is 5.82 Å². The van der Waals surface area contributed by atoms with Gasteiger partial charge in [-0.05, 0) is 38.7 Å². The summed E-state index contributed by atoms with van der Waals surface area (Å²) in [5.41, 5.74) is 0.849. The third-order valence-corrected chi connectivity index (χ3v) is 4.02. The van der Waals surface area contributed by atoms with Gasteiger partial charge in [-0.2, -0.15) is 0 Å². The zero-order valence-electron chi connectivity index (χ0n) is 13.0. The van der Waals surface area contributed by atoms with Crippen LogP contribution in [0.4, 0.5) is 0 Å². The first-order valence-corrected chi connectivity index (χ1v) is 7.70. The highest BCUT2D eigenvalue weighted by atomic mass is 16.5. The molecule has 7 nitrogen and oxygen atoms in total. The first-order valence-electron chi connectivity index (χ1n) is 7.70. The third kappa shape index (κ3) is 3.09. The molecule has 0 aromatic carbocycles. The standard InChI is InChI=1S/C15H21N5O2/c1-11-6-9-20-13(17-18-15(20)16-11)14(21)19(2)8-7-12-5-3-4-10-22-12/h6,9,12H,3-5,7-8,10H2,1-2H3/t12-/m0/s1. The van der Waals surface area contributed by atoms with Crippen LogP contribution < -0.4 is 0 Å². The lowest BCUT2D eigenvalue weighted by Gasteiger charge is -2.24. The number of rotatable bonds is 4. The average molecular weight is 303 g/mol. The summed E-state index contributed by atoms with van der Waals surface area (Å²) in [5.74, 6) is 0.607. The number of aromatic nitrogens is 4. The predicted molar refractivity (Wildman–Crippen MR) is 80.7 cm³/mol. The molecular formula is C15H21N5O2. The van der Waals surface area contributed by atoms with Crippen LogP contribution in [0.5, 0.6) is 0 Å². The zero-order valence-corrected chi connectivity index (χ0v) is 13.0. The fraction of sp³-hybridized carbons (Fsp3) is 0.600. The smallest absolute Gasteiger partial charge is 0.291 e. The molecule has 3 rings (SSSR count). The minimum Gasteiger partial charge on any atom is -0.378 e. The molecule has 2 aromatic heterocycles. The van der Waals surface area contributed by atoms with Crippen molar-refractivity contribution in [1.82, 2.24) is 24.5 Å². The maximum Gasteiger partial charge on any atom is 0.291 e. The van der Waals surface area contributed by atoms with Crippen LogP contribution in [0.25, 0.3) is 5.78 Å². The molecule has 1 atom stereocenters. The van der Waals surface area contributed by atoms with Crippen molar-refractivity contribution in [3.05, 3.63) is 23.8 Å². The van der Waals surface area contributed by atoms with Crippen LogP contribution in [0.2, 0.25) is 0 Å². The molecule has 0 saturated carbocycles. The van der Waals surface area contributed by atoms with Gasteiger partial charge < -0.3 is 9.64 Å². The Kier molecular flexibility index (Phi) is 4.33. The molecule has 3 heterocycles. The van der Waals surface area contributed by atoms with E-state index in [0.717, 1.165) is 31.6 Å². The van der Waals surface area contributed by atoms with Crippen LogP contribution in [0, 0.1) is 6.92 Å². The number of hydrogen-bond donors (Lipinski definition) is 0. The average Bonchev–Trinajstić information content (AvgIpc) is 2.95. The van der Waals surface area contributed by atoms with Crippen LogP contribution in [0.15, 0.2) is 12.3 Å². The first kappa shape index (κ1) is 14.9. The quantitative estimate of drug-likeness (QED) is 0.855. The van der Waals surface area contributed by atoms with E-state index in [0.29, 0.717) is 18.1 Å². The molecule has 1 aliphatic heterocycles. The van der Waals surface area contributed by atoms with E-state index in [1.54, 1.807) is 22.5 Å². The van der Waals surface area contributed by atoms with Crippen molar-refractivity contribution in [1.29, 1.82) is 0 Å². The van der Waals surface area contributed by atoms with Gasteiger partial charge in [0.15, 0.2) is 0 Å². The van der Waals surface area contributed by atoms with Gasteiger partial charge in [-0.25, -0.2) is 4.98 Å². The Morgan fingerprint density at radius 2 is 2.32 bits per heavy atom. The van der Waals surface area contributed by atoms with E-state index in [4.69, 9.17) is 4.74 Å². The molecule has 0 radical (unpaired) electrons. The Morgan fingerprint density at radius 1 is 1.45 bits per heavy atom. The largest absolute Gasteiger partial charge is 0.378 e. The maximum absolute atomic E-state index is 12.5. The summed E-state index contributed by atoms with van der Waals surface area (Å²) in [6, 6.07) is 1.84. The van der Waals surface area contributed by atoms with Crippen molar-refractivity contribution >= 4 is 11.7 Å². The number of fused-ring (bicyclic) bond motifs is 1. The summed E-state index contributed by atoms with van der Waals surface area (Å²) in [6.45, 7) is 3.37. The highest BCUT2D eigenvalue weighted by Crippen LogP contribution is 2.16. The van der Waals surface area contributed by atoms with Crippen molar-refractivity contribution in [3.8, 4) is 0 Å². The van der Waals surface area contributed by atoms with Gasteiger partial charge in [0.1, 0.15) is 0 Å². The van der Waals surface area contributed by atoms with Crippen molar-refractivity contribution < 1.29 is 9.53 Å². The lowest BCUT2D eigenvalue weighted by molar-refractivity contribution is 0.00701. The zero-order chi connectivity index (χ0) is 15.5. The second kappa shape index (κ2) is 6.39. The summed E-state index contributed by atoms with van der Waals surface area (Å²) in [6.07, 6.45) is 6.34. The van der Waals surface area contributed by atoms with Crippen LogP contribution in [0.3, 0.4) is 0 Å². The van der Waals surface area contributed by atoms with Crippen molar-refractivity contribution in [2.24, 2.45) is 0 Å². The normalized spacial score (nSPS) is 18.5. The van der Waals surface area contributed by atoms with E-state index < -0.39 is 0 Å². The Hall–Kier alpha value is -2.02.